The first kappa shape index (κ1) is 24.9. The quantitative estimate of drug-likeness (QED) is 0.513. The van der Waals surface area contributed by atoms with Crippen LogP contribution in [0.3, 0.4) is 0 Å². The number of nitrogens with one attached hydrogen (secondary N) is 1. The van der Waals surface area contributed by atoms with Crippen LogP contribution in [-0.4, -0.2) is 48.9 Å². The summed E-state index contributed by atoms with van der Waals surface area (Å²) in [5, 5.41) is 7.01. The number of fused-ring (bicyclic) bond motifs is 3. The third-order valence-corrected chi connectivity index (χ3v) is 10.4. The van der Waals surface area contributed by atoms with E-state index in [4.69, 9.17) is 10.1 Å². The Labute approximate surface area is 209 Å². The Morgan fingerprint density at radius 3 is 2.80 bits per heavy atom. The minimum Gasteiger partial charge on any atom is -0.381 e. The van der Waals surface area contributed by atoms with Crippen LogP contribution in [0.1, 0.15) is 77.6 Å². The van der Waals surface area contributed by atoms with E-state index in [0.29, 0.717) is 36.4 Å². The number of ether oxygens (including phenoxy) is 1. The zero-order chi connectivity index (χ0) is 24.6. The van der Waals surface area contributed by atoms with Crippen LogP contribution in [-0.2, 0) is 14.3 Å². The Hall–Kier alpha value is -1.82. The largest absolute Gasteiger partial charge is 0.381 e. The molecular formula is C29H41FN2O3. The highest BCUT2D eigenvalue weighted by atomic mass is 19.1. The average Bonchev–Trinajstić information content (AvgIpc) is 3.36. The van der Waals surface area contributed by atoms with E-state index in [9.17, 15) is 14.0 Å². The fourth-order valence-electron chi connectivity index (χ4n) is 8.49. The second kappa shape index (κ2) is 9.91. The van der Waals surface area contributed by atoms with Crippen LogP contribution in [0.2, 0.25) is 0 Å². The number of hydrogen-bond acceptors (Lipinski definition) is 4. The summed E-state index contributed by atoms with van der Waals surface area (Å²) in [6.07, 6.45) is 15.3. The van der Waals surface area contributed by atoms with E-state index < -0.39 is 5.97 Å². The lowest BCUT2D eigenvalue weighted by Crippen LogP contribution is -2.45. The van der Waals surface area contributed by atoms with Gasteiger partial charge in [-0.1, -0.05) is 24.6 Å². The molecule has 192 valence electrons. The van der Waals surface area contributed by atoms with Crippen molar-refractivity contribution in [3.8, 4) is 0 Å². The van der Waals surface area contributed by atoms with Gasteiger partial charge in [0.15, 0.2) is 0 Å². The van der Waals surface area contributed by atoms with Crippen LogP contribution in [0.25, 0.3) is 0 Å². The molecule has 3 aliphatic carbocycles. The Kier molecular flexibility index (Phi) is 7.04. The van der Waals surface area contributed by atoms with E-state index in [-0.39, 0.29) is 22.7 Å². The molecule has 5 atom stereocenters. The number of amides is 1. The Bertz CT molecular complexity index is 921. The summed E-state index contributed by atoms with van der Waals surface area (Å²) in [5.74, 6) is 1.30. The molecule has 2 heterocycles. The zero-order valence-corrected chi connectivity index (χ0v) is 21.2. The Balaban J connectivity index is 1.26. The molecule has 0 bridgehead atoms. The lowest BCUT2D eigenvalue weighted by molar-refractivity contribution is -0.131. The number of rotatable bonds is 5. The van der Waals surface area contributed by atoms with Crippen molar-refractivity contribution in [3.63, 3.8) is 0 Å². The molecule has 1 amide bonds. The molecule has 5 fully saturated rings. The Morgan fingerprint density at radius 1 is 1.23 bits per heavy atom. The first-order valence-electron chi connectivity index (χ1n) is 13.8. The van der Waals surface area contributed by atoms with Gasteiger partial charge in [-0.3, -0.25) is 15.0 Å². The number of likely N-dealkylation sites (tertiary alicyclic amines) is 1. The highest BCUT2D eigenvalue weighted by Crippen LogP contribution is 2.61. The number of ketones is 1. The molecule has 35 heavy (non-hydrogen) atoms. The number of carbonyl (C=O) groups excluding carboxylic acids is 2. The predicted octanol–water partition coefficient (Wildman–Crippen LogP) is 5.65. The number of nitrogens with zero attached hydrogens (tertiary/aromatic N) is 1. The van der Waals surface area contributed by atoms with E-state index in [0.717, 1.165) is 84.1 Å². The molecule has 5 rings (SSSR count). The van der Waals surface area contributed by atoms with Gasteiger partial charge >= 0.3 is 0 Å². The van der Waals surface area contributed by atoms with Gasteiger partial charge in [-0.05, 0) is 93.0 Å². The van der Waals surface area contributed by atoms with Gasteiger partial charge in [-0.15, -0.1) is 0 Å². The van der Waals surface area contributed by atoms with Crippen molar-refractivity contribution in [1.82, 2.24) is 4.90 Å². The molecular weight excluding hydrogens is 443 g/mol. The second-order valence-corrected chi connectivity index (χ2v) is 12.2. The summed E-state index contributed by atoms with van der Waals surface area (Å²) in [6.45, 7) is 5.57. The molecule has 3 unspecified atom stereocenters. The van der Waals surface area contributed by atoms with Crippen LogP contribution in [0.15, 0.2) is 23.8 Å². The molecule has 6 heteroatoms. The van der Waals surface area contributed by atoms with Gasteiger partial charge < -0.3 is 9.64 Å². The highest BCUT2D eigenvalue weighted by Gasteiger charge is 2.58. The van der Waals surface area contributed by atoms with Gasteiger partial charge in [0, 0.05) is 44.6 Å². The van der Waals surface area contributed by atoms with Gasteiger partial charge in [-0.25, -0.2) is 0 Å². The van der Waals surface area contributed by atoms with Crippen molar-refractivity contribution in [2.75, 3.05) is 26.3 Å². The van der Waals surface area contributed by atoms with Gasteiger partial charge in [0.2, 0.25) is 11.9 Å². The molecule has 2 saturated heterocycles. The minimum absolute atomic E-state index is 0.256. The first-order chi connectivity index (χ1) is 16.8. The topological polar surface area (TPSA) is 70.5 Å². The maximum absolute atomic E-state index is 13.2. The molecule has 1 spiro atoms. The monoisotopic (exact) mass is 484 g/mol. The summed E-state index contributed by atoms with van der Waals surface area (Å²) < 4.78 is 18.4. The van der Waals surface area contributed by atoms with Crippen molar-refractivity contribution >= 4 is 17.7 Å². The second-order valence-electron chi connectivity index (χ2n) is 12.2. The molecule has 5 aliphatic rings. The standard InChI is InChI=1S/C29H41FN2O3/c1-28-11-10-22-20(5-3-7-25(30)31)4-2-6-23(22)27(28)21(18-24(28)33)8-9-26(34)32-15-12-29(19-32)13-16-35-17-14-29/h3,5,7,21-23,27,31H,2,4,6,8-19H2,1H3/b7-3-,20-5+,31-25?/t21-,22?,23?,27?,28-/m1/s1. The summed E-state index contributed by atoms with van der Waals surface area (Å²) in [4.78, 5) is 28.5. The summed E-state index contributed by atoms with van der Waals surface area (Å²) in [5.41, 5.74) is 1.37. The molecule has 3 saturated carbocycles. The maximum atomic E-state index is 13.2. The van der Waals surface area contributed by atoms with E-state index in [1.165, 1.54) is 11.6 Å². The van der Waals surface area contributed by atoms with E-state index >= 15 is 0 Å². The van der Waals surface area contributed by atoms with Crippen molar-refractivity contribution in [1.29, 1.82) is 5.41 Å². The van der Waals surface area contributed by atoms with Crippen molar-refractivity contribution in [2.24, 2.45) is 34.5 Å². The number of halogens is 1. The average molecular weight is 485 g/mol. The van der Waals surface area contributed by atoms with Gasteiger partial charge in [0.25, 0.3) is 0 Å². The molecule has 0 aromatic carbocycles. The molecule has 5 nitrogen and oxygen atoms in total. The molecule has 0 aromatic heterocycles. The van der Waals surface area contributed by atoms with E-state index in [1.54, 1.807) is 6.08 Å². The summed E-state index contributed by atoms with van der Waals surface area (Å²) in [7, 11) is 0. The van der Waals surface area contributed by atoms with Crippen LogP contribution in [0.4, 0.5) is 4.39 Å². The first-order valence-corrected chi connectivity index (χ1v) is 13.8. The molecule has 2 aliphatic heterocycles. The number of carbonyl (C=O) groups is 2. The normalized spacial score (nSPS) is 37.7. The fraction of sp³-hybridized carbons (Fsp3) is 0.759. The van der Waals surface area contributed by atoms with Gasteiger partial charge in [-0.2, -0.15) is 4.39 Å². The maximum Gasteiger partial charge on any atom is 0.222 e. The van der Waals surface area contributed by atoms with Crippen LogP contribution >= 0.6 is 0 Å². The number of allylic oxidation sites excluding steroid dienone is 4. The van der Waals surface area contributed by atoms with Crippen molar-refractivity contribution in [2.45, 2.75) is 77.6 Å². The van der Waals surface area contributed by atoms with Crippen molar-refractivity contribution < 1.29 is 18.7 Å². The van der Waals surface area contributed by atoms with E-state index in [1.807, 2.05) is 6.08 Å². The van der Waals surface area contributed by atoms with Crippen LogP contribution in [0, 0.1) is 39.9 Å². The summed E-state index contributed by atoms with van der Waals surface area (Å²) in [6, 6.07) is 0. The zero-order valence-electron chi connectivity index (χ0n) is 21.2. The van der Waals surface area contributed by atoms with Crippen LogP contribution in [0.5, 0.6) is 0 Å². The van der Waals surface area contributed by atoms with E-state index in [2.05, 4.69) is 11.8 Å². The summed E-state index contributed by atoms with van der Waals surface area (Å²) >= 11 is 0. The molecule has 0 aromatic rings. The highest BCUT2D eigenvalue weighted by molar-refractivity contribution is 5.88. The predicted molar refractivity (Wildman–Crippen MR) is 134 cm³/mol. The number of Topliss-reactive ketones (excluding diaryl/α,β-unsaturated/α-hetero) is 1. The fourth-order valence-corrected chi connectivity index (χ4v) is 8.49. The lowest BCUT2D eigenvalue weighted by Gasteiger charge is -2.50. The number of hydrogen-bond donors (Lipinski definition) is 1. The molecule has 0 radical (unpaired) electrons. The third kappa shape index (κ3) is 4.80. The van der Waals surface area contributed by atoms with Gasteiger partial charge in [0.1, 0.15) is 5.78 Å². The minimum atomic E-state index is -0.919. The molecule has 1 N–H and O–H groups in total. The lowest BCUT2D eigenvalue weighted by atomic mass is 9.54. The van der Waals surface area contributed by atoms with Gasteiger partial charge in [0.05, 0.1) is 0 Å². The Morgan fingerprint density at radius 2 is 2.03 bits per heavy atom. The smallest absolute Gasteiger partial charge is 0.222 e. The third-order valence-electron chi connectivity index (χ3n) is 10.4. The van der Waals surface area contributed by atoms with Crippen LogP contribution < -0.4 is 0 Å². The SMILES string of the molecule is C[C@]12CCC3/C(=C/C=C\C(=N)F)CCCC3C1[C@H](CCC(=O)N1CCC3(CCOCC3)C1)CC2=O. The van der Waals surface area contributed by atoms with Crippen molar-refractivity contribution in [3.05, 3.63) is 23.8 Å².